The van der Waals surface area contributed by atoms with Gasteiger partial charge >= 0.3 is 6.18 Å². The first-order chi connectivity index (χ1) is 11.9. The Morgan fingerprint density at radius 3 is 2.56 bits per heavy atom. The number of hydrogen-bond donors (Lipinski definition) is 1. The van der Waals surface area contributed by atoms with E-state index in [9.17, 15) is 13.2 Å². The smallest absolute Gasteiger partial charge is 0.350 e. The van der Waals surface area contributed by atoms with E-state index in [1.165, 1.54) is 23.1 Å². The van der Waals surface area contributed by atoms with Gasteiger partial charge in [-0.1, -0.05) is 47.5 Å². The standard InChI is InChI=1S/C16H11Cl2F3N4/c17-12-6-3-7-13(14(12)18)25-15(23-9-24-25)22-8-10-4-1-2-5-11(10)16(19,20)21/h1-7,9H,8H2,(H,22,23,24). The van der Waals surface area contributed by atoms with Crippen LogP contribution in [-0.2, 0) is 12.7 Å². The van der Waals surface area contributed by atoms with E-state index in [1.807, 2.05) is 0 Å². The van der Waals surface area contributed by atoms with Gasteiger partial charge < -0.3 is 5.32 Å². The second kappa shape index (κ2) is 6.93. The summed E-state index contributed by atoms with van der Waals surface area (Å²) in [5.74, 6) is 0.251. The van der Waals surface area contributed by atoms with Gasteiger partial charge in [-0.25, -0.2) is 0 Å². The number of benzene rings is 2. The largest absolute Gasteiger partial charge is 0.416 e. The third-order valence-electron chi connectivity index (χ3n) is 3.47. The molecule has 0 spiro atoms. The van der Waals surface area contributed by atoms with E-state index in [0.717, 1.165) is 6.07 Å². The highest BCUT2D eigenvalue weighted by molar-refractivity contribution is 6.43. The van der Waals surface area contributed by atoms with Gasteiger partial charge in [0, 0.05) is 6.54 Å². The van der Waals surface area contributed by atoms with E-state index in [1.54, 1.807) is 24.3 Å². The Morgan fingerprint density at radius 2 is 1.80 bits per heavy atom. The van der Waals surface area contributed by atoms with Crippen LogP contribution in [0, 0.1) is 0 Å². The fourth-order valence-electron chi connectivity index (χ4n) is 2.32. The summed E-state index contributed by atoms with van der Waals surface area (Å²) >= 11 is 12.1. The molecule has 0 saturated carbocycles. The van der Waals surface area contributed by atoms with Crippen LogP contribution >= 0.6 is 23.2 Å². The zero-order chi connectivity index (χ0) is 18.0. The number of alkyl halides is 3. The van der Waals surface area contributed by atoms with Crippen molar-refractivity contribution in [3.05, 3.63) is 70.0 Å². The van der Waals surface area contributed by atoms with E-state index in [-0.39, 0.29) is 23.1 Å². The molecular formula is C16H11Cl2F3N4. The van der Waals surface area contributed by atoms with Gasteiger partial charge in [-0.15, -0.1) is 0 Å². The van der Waals surface area contributed by atoms with E-state index < -0.39 is 11.7 Å². The Balaban J connectivity index is 1.88. The first-order valence-electron chi connectivity index (χ1n) is 7.11. The summed E-state index contributed by atoms with van der Waals surface area (Å²) < 4.78 is 40.6. The van der Waals surface area contributed by atoms with E-state index in [2.05, 4.69) is 15.4 Å². The average Bonchev–Trinajstić information content (AvgIpc) is 3.03. The number of hydrogen-bond acceptors (Lipinski definition) is 3. The van der Waals surface area contributed by atoms with Gasteiger partial charge in [0.1, 0.15) is 6.33 Å². The Labute approximate surface area is 151 Å². The predicted molar refractivity (Wildman–Crippen MR) is 90.1 cm³/mol. The van der Waals surface area contributed by atoms with Crippen LogP contribution in [0.15, 0.2) is 48.8 Å². The van der Waals surface area contributed by atoms with Crippen LogP contribution in [-0.4, -0.2) is 14.8 Å². The Bertz CT molecular complexity index is 893. The van der Waals surface area contributed by atoms with Crippen molar-refractivity contribution in [1.29, 1.82) is 0 Å². The maximum absolute atomic E-state index is 13.1. The highest BCUT2D eigenvalue weighted by Gasteiger charge is 2.32. The molecule has 25 heavy (non-hydrogen) atoms. The molecule has 0 saturated heterocycles. The lowest BCUT2D eigenvalue weighted by molar-refractivity contribution is -0.138. The van der Waals surface area contributed by atoms with Crippen LogP contribution in [0.5, 0.6) is 0 Å². The molecule has 0 amide bonds. The molecule has 0 atom stereocenters. The molecule has 0 fully saturated rings. The van der Waals surface area contributed by atoms with Crippen molar-refractivity contribution in [2.45, 2.75) is 12.7 Å². The van der Waals surface area contributed by atoms with Crippen LogP contribution < -0.4 is 5.32 Å². The number of anilines is 1. The van der Waals surface area contributed by atoms with Crippen LogP contribution in [0.1, 0.15) is 11.1 Å². The number of nitrogens with one attached hydrogen (secondary N) is 1. The summed E-state index contributed by atoms with van der Waals surface area (Å²) in [5, 5.41) is 7.51. The van der Waals surface area contributed by atoms with Crippen LogP contribution in [0.25, 0.3) is 5.69 Å². The molecule has 1 N–H and O–H groups in total. The molecule has 2 aromatic carbocycles. The lowest BCUT2D eigenvalue weighted by atomic mass is 10.1. The molecular weight excluding hydrogens is 376 g/mol. The van der Waals surface area contributed by atoms with Crippen LogP contribution in [0.3, 0.4) is 0 Å². The second-order valence-electron chi connectivity index (χ2n) is 5.08. The first-order valence-corrected chi connectivity index (χ1v) is 7.87. The molecule has 9 heteroatoms. The van der Waals surface area contributed by atoms with Gasteiger partial charge in [-0.2, -0.15) is 27.9 Å². The number of rotatable bonds is 4. The minimum atomic E-state index is -4.43. The van der Waals surface area contributed by atoms with Gasteiger partial charge in [-0.3, -0.25) is 0 Å². The third-order valence-corrected chi connectivity index (χ3v) is 4.28. The van der Waals surface area contributed by atoms with Crippen molar-refractivity contribution in [3.8, 4) is 5.69 Å². The Hall–Kier alpha value is -2.25. The molecule has 3 aromatic rings. The highest BCUT2D eigenvalue weighted by Crippen LogP contribution is 2.32. The second-order valence-corrected chi connectivity index (χ2v) is 5.86. The normalized spacial score (nSPS) is 11.6. The fraction of sp³-hybridized carbons (Fsp3) is 0.125. The lowest BCUT2D eigenvalue weighted by Gasteiger charge is -2.14. The Morgan fingerprint density at radius 1 is 1.04 bits per heavy atom. The maximum atomic E-state index is 13.1. The quantitative estimate of drug-likeness (QED) is 0.669. The van der Waals surface area contributed by atoms with Gasteiger partial charge in [0.2, 0.25) is 5.95 Å². The Kier molecular flexibility index (Phi) is 4.87. The summed E-state index contributed by atoms with van der Waals surface area (Å²) in [7, 11) is 0. The van der Waals surface area contributed by atoms with Crippen molar-refractivity contribution in [2.75, 3.05) is 5.32 Å². The van der Waals surface area contributed by atoms with E-state index in [0.29, 0.717) is 10.7 Å². The molecule has 0 aliphatic carbocycles. The molecule has 130 valence electrons. The van der Waals surface area contributed by atoms with Crippen LogP contribution in [0.4, 0.5) is 19.1 Å². The first kappa shape index (κ1) is 17.6. The minimum Gasteiger partial charge on any atom is -0.350 e. The van der Waals surface area contributed by atoms with Crippen molar-refractivity contribution in [1.82, 2.24) is 14.8 Å². The number of nitrogens with zero attached hydrogens (tertiary/aromatic N) is 3. The monoisotopic (exact) mass is 386 g/mol. The van der Waals surface area contributed by atoms with Crippen molar-refractivity contribution in [2.24, 2.45) is 0 Å². The zero-order valence-electron chi connectivity index (χ0n) is 12.6. The zero-order valence-corrected chi connectivity index (χ0v) is 14.1. The maximum Gasteiger partial charge on any atom is 0.416 e. The van der Waals surface area contributed by atoms with Gasteiger partial charge in [0.25, 0.3) is 0 Å². The van der Waals surface area contributed by atoms with Crippen molar-refractivity contribution in [3.63, 3.8) is 0 Å². The average molecular weight is 387 g/mol. The van der Waals surface area contributed by atoms with Gasteiger partial charge in [0.15, 0.2) is 0 Å². The summed E-state index contributed by atoms with van der Waals surface area (Å²) in [6.07, 6.45) is -3.16. The molecule has 1 heterocycles. The minimum absolute atomic E-state index is 0.0768. The molecule has 0 bridgehead atoms. The van der Waals surface area contributed by atoms with Crippen molar-refractivity contribution < 1.29 is 13.2 Å². The molecule has 4 nitrogen and oxygen atoms in total. The van der Waals surface area contributed by atoms with E-state index in [4.69, 9.17) is 23.2 Å². The number of aromatic nitrogens is 3. The molecule has 3 rings (SSSR count). The summed E-state index contributed by atoms with van der Waals surface area (Å²) in [6.45, 7) is -0.0768. The van der Waals surface area contributed by atoms with Gasteiger partial charge in [-0.05, 0) is 23.8 Å². The molecule has 0 unspecified atom stereocenters. The van der Waals surface area contributed by atoms with Gasteiger partial charge in [0.05, 0.1) is 21.3 Å². The predicted octanol–water partition coefficient (Wildman–Crippen LogP) is 5.21. The third kappa shape index (κ3) is 3.72. The lowest BCUT2D eigenvalue weighted by Crippen LogP contribution is -2.13. The van der Waals surface area contributed by atoms with Crippen molar-refractivity contribution >= 4 is 29.2 Å². The molecule has 0 aliphatic rings. The molecule has 0 radical (unpaired) electrons. The topological polar surface area (TPSA) is 42.7 Å². The SMILES string of the molecule is FC(F)(F)c1ccccc1CNc1ncnn1-c1cccc(Cl)c1Cl. The number of halogens is 5. The molecule has 0 aliphatic heterocycles. The summed E-state index contributed by atoms with van der Waals surface area (Å²) in [5.41, 5.74) is -0.130. The highest BCUT2D eigenvalue weighted by atomic mass is 35.5. The summed E-state index contributed by atoms with van der Waals surface area (Å²) in [6, 6.07) is 10.3. The fourth-order valence-corrected chi connectivity index (χ4v) is 2.70. The summed E-state index contributed by atoms with van der Waals surface area (Å²) in [4.78, 5) is 4.03. The van der Waals surface area contributed by atoms with E-state index >= 15 is 0 Å². The van der Waals surface area contributed by atoms with Crippen LogP contribution in [0.2, 0.25) is 10.0 Å². The molecule has 1 aromatic heterocycles.